The minimum atomic E-state index is -0.179. The molecule has 2 aromatic rings. The van der Waals surface area contributed by atoms with Gasteiger partial charge in [-0.25, -0.2) is 9.51 Å². The fourth-order valence-corrected chi connectivity index (χ4v) is 1.41. The van der Waals surface area contributed by atoms with E-state index in [2.05, 4.69) is 15.5 Å². The van der Waals surface area contributed by atoms with Gasteiger partial charge in [0.1, 0.15) is 6.54 Å². The first-order chi connectivity index (χ1) is 8.74. The van der Waals surface area contributed by atoms with Crippen LogP contribution in [0.15, 0.2) is 40.9 Å². The number of nitrogens with zero attached hydrogens (tertiary/aromatic N) is 1. The average molecular weight is 244 g/mol. The summed E-state index contributed by atoms with van der Waals surface area (Å²) < 4.78 is 4.93. The van der Waals surface area contributed by atoms with Gasteiger partial charge in [-0.05, 0) is 11.6 Å². The van der Waals surface area contributed by atoms with E-state index in [1.165, 1.54) is 6.08 Å². The van der Waals surface area contributed by atoms with Gasteiger partial charge < -0.3 is 5.32 Å². The fraction of sp³-hybridized carbons (Fsp3) is 0.154. The van der Waals surface area contributed by atoms with Gasteiger partial charge in [0, 0.05) is 13.0 Å². The van der Waals surface area contributed by atoms with Crippen LogP contribution in [0.2, 0.25) is 0 Å². The van der Waals surface area contributed by atoms with Crippen LogP contribution in [-0.4, -0.2) is 11.1 Å². The fourth-order valence-electron chi connectivity index (χ4n) is 1.41. The lowest BCUT2D eigenvalue weighted by Gasteiger charge is -1.95. The number of hydrogen-bond acceptors (Lipinski definition) is 3. The van der Waals surface area contributed by atoms with E-state index in [-0.39, 0.29) is 5.91 Å². The third-order valence-electron chi connectivity index (χ3n) is 2.26. The summed E-state index contributed by atoms with van der Waals surface area (Å²) in [5.74, 6) is 1.02. The number of carbonyl (C=O) groups is 1. The van der Waals surface area contributed by atoms with Gasteiger partial charge in [-0.3, -0.25) is 4.79 Å². The maximum Gasteiger partial charge on any atom is 0.343 e. The number of aromatic nitrogens is 2. The maximum absolute atomic E-state index is 11.5. The number of aromatic amines is 1. The summed E-state index contributed by atoms with van der Waals surface area (Å²) in [6, 6.07) is 9.63. The molecule has 2 N–H and O–H groups in total. The van der Waals surface area contributed by atoms with Gasteiger partial charge in [0.2, 0.25) is 5.91 Å². The Kier molecular flexibility index (Phi) is 3.86. The van der Waals surface area contributed by atoms with Gasteiger partial charge in [-0.15, -0.1) is 0 Å². The quantitative estimate of drug-likeness (QED) is 0.819. The summed E-state index contributed by atoms with van der Waals surface area (Å²) in [5, 5.41) is 6.38. The van der Waals surface area contributed by atoms with E-state index in [0.29, 0.717) is 18.3 Å². The topological polar surface area (TPSA) is 69.3 Å². The second kappa shape index (κ2) is 5.77. The van der Waals surface area contributed by atoms with Crippen LogP contribution in [0.5, 0.6) is 0 Å². The zero-order valence-corrected chi connectivity index (χ0v) is 10.0. The number of carbonyl (C=O) groups excluding carboxylic acids is 1. The van der Waals surface area contributed by atoms with E-state index in [1.54, 1.807) is 13.0 Å². The highest BCUT2D eigenvalue weighted by Crippen LogP contribution is 2.00. The van der Waals surface area contributed by atoms with Crippen molar-refractivity contribution in [2.45, 2.75) is 13.5 Å². The minimum absolute atomic E-state index is 0.179. The normalized spacial score (nSPS) is 10.7. The van der Waals surface area contributed by atoms with E-state index in [0.717, 1.165) is 5.56 Å². The average Bonchev–Trinajstić information content (AvgIpc) is 2.81. The Balaban J connectivity index is 1.84. The number of hydrogen-bond donors (Lipinski definition) is 1. The SMILES string of the molecule is Cc1noc(CNC(=O)/C=C\c2ccccc2)[nH+]1. The molecule has 0 aliphatic heterocycles. The third kappa shape index (κ3) is 3.55. The van der Waals surface area contributed by atoms with Crippen molar-refractivity contribution in [3.63, 3.8) is 0 Å². The highest BCUT2D eigenvalue weighted by atomic mass is 16.5. The molecule has 1 aromatic heterocycles. The number of benzene rings is 1. The molecule has 0 fully saturated rings. The van der Waals surface area contributed by atoms with Crippen LogP contribution in [0.3, 0.4) is 0 Å². The Morgan fingerprint density at radius 2 is 2.22 bits per heavy atom. The van der Waals surface area contributed by atoms with Crippen molar-refractivity contribution in [2.24, 2.45) is 0 Å². The Morgan fingerprint density at radius 1 is 1.44 bits per heavy atom. The predicted octanol–water partition coefficient (Wildman–Crippen LogP) is 1.13. The van der Waals surface area contributed by atoms with Gasteiger partial charge in [-0.1, -0.05) is 30.3 Å². The molecule has 5 heteroatoms. The lowest BCUT2D eigenvalue weighted by atomic mass is 10.2. The number of aryl methyl sites for hydroxylation is 1. The molecular formula is C13H14N3O2+. The molecule has 5 nitrogen and oxygen atoms in total. The number of nitrogens with one attached hydrogen (secondary N) is 2. The van der Waals surface area contributed by atoms with E-state index < -0.39 is 0 Å². The monoisotopic (exact) mass is 244 g/mol. The highest BCUT2D eigenvalue weighted by molar-refractivity contribution is 5.91. The Labute approximate surface area is 105 Å². The summed E-state index contributed by atoms with van der Waals surface area (Å²) in [7, 11) is 0. The lowest BCUT2D eigenvalue weighted by Crippen LogP contribution is -2.24. The molecule has 0 aliphatic rings. The standard InChI is InChI=1S/C13H13N3O2/c1-10-15-13(18-16-10)9-14-12(17)8-7-11-5-3-2-4-6-11/h2-8H,9H2,1H3,(H,14,17)/p+1/b8-7-. The molecule has 0 saturated heterocycles. The number of amides is 1. The Hall–Kier alpha value is -2.43. The van der Waals surface area contributed by atoms with Gasteiger partial charge in [0.05, 0.1) is 0 Å². The van der Waals surface area contributed by atoms with Gasteiger partial charge in [-0.2, -0.15) is 0 Å². The second-order valence-electron chi connectivity index (χ2n) is 3.78. The first kappa shape index (κ1) is 12.0. The van der Waals surface area contributed by atoms with Crippen LogP contribution in [0.4, 0.5) is 0 Å². The number of rotatable bonds is 4. The summed E-state index contributed by atoms with van der Waals surface area (Å²) in [5.41, 5.74) is 0.981. The molecule has 1 amide bonds. The molecule has 18 heavy (non-hydrogen) atoms. The molecule has 0 spiro atoms. The molecule has 1 heterocycles. The maximum atomic E-state index is 11.5. The smallest absolute Gasteiger partial charge is 0.341 e. The minimum Gasteiger partial charge on any atom is -0.341 e. The summed E-state index contributed by atoms with van der Waals surface area (Å²) >= 11 is 0. The lowest BCUT2D eigenvalue weighted by molar-refractivity contribution is -0.406. The summed E-state index contributed by atoms with van der Waals surface area (Å²) in [6.45, 7) is 2.07. The van der Waals surface area contributed by atoms with Crippen molar-refractivity contribution in [2.75, 3.05) is 0 Å². The van der Waals surface area contributed by atoms with E-state index >= 15 is 0 Å². The molecular weight excluding hydrogens is 230 g/mol. The van der Waals surface area contributed by atoms with Crippen LogP contribution in [-0.2, 0) is 11.3 Å². The molecule has 0 aliphatic carbocycles. The van der Waals surface area contributed by atoms with Gasteiger partial charge >= 0.3 is 11.7 Å². The van der Waals surface area contributed by atoms with Crippen molar-refractivity contribution < 1.29 is 14.3 Å². The van der Waals surface area contributed by atoms with Gasteiger partial charge in [0.25, 0.3) is 0 Å². The van der Waals surface area contributed by atoms with E-state index in [1.807, 2.05) is 30.3 Å². The summed E-state index contributed by atoms with van der Waals surface area (Å²) in [6.07, 6.45) is 3.24. The van der Waals surface area contributed by atoms with E-state index in [9.17, 15) is 4.79 Å². The molecule has 0 atom stereocenters. The van der Waals surface area contributed by atoms with Crippen molar-refractivity contribution in [1.29, 1.82) is 0 Å². The Bertz CT molecular complexity index is 546. The van der Waals surface area contributed by atoms with E-state index in [4.69, 9.17) is 4.52 Å². The van der Waals surface area contributed by atoms with Crippen molar-refractivity contribution >= 4 is 12.0 Å². The molecule has 2 rings (SSSR count). The van der Waals surface area contributed by atoms with Crippen LogP contribution in [0.25, 0.3) is 6.08 Å². The van der Waals surface area contributed by atoms with Crippen molar-refractivity contribution in [1.82, 2.24) is 10.5 Å². The molecule has 0 bridgehead atoms. The third-order valence-corrected chi connectivity index (χ3v) is 2.26. The zero-order chi connectivity index (χ0) is 12.8. The zero-order valence-electron chi connectivity index (χ0n) is 10.0. The first-order valence-electron chi connectivity index (χ1n) is 5.59. The molecule has 0 unspecified atom stereocenters. The van der Waals surface area contributed by atoms with Gasteiger partial charge in [0.15, 0.2) is 5.16 Å². The van der Waals surface area contributed by atoms with Crippen LogP contribution in [0.1, 0.15) is 17.3 Å². The molecule has 0 saturated carbocycles. The first-order valence-corrected chi connectivity index (χ1v) is 5.59. The van der Waals surface area contributed by atoms with Crippen LogP contribution < -0.4 is 10.3 Å². The molecule has 0 radical (unpaired) electrons. The van der Waals surface area contributed by atoms with Crippen LogP contribution >= 0.6 is 0 Å². The predicted molar refractivity (Wildman–Crippen MR) is 65.1 cm³/mol. The van der Waals surface area contributed by atoms with Crippen molar-refractivity contribution in [3.8, 4) is 0 Å². The van der Waals surface area contributed by atoms with Crippen LogP contribution in [0, 0.1) is 6.92 Å². The molecule has 1 aromatic carbocycles. The Morgan fingerprint density at radius 3 is 2.89 bits per heavy atom. The second-order valence-corrected chi connectivity index (χ2v) is 3.78. The summed E-state index contributed by atoms with van der Waals surface area (Å²) in [4.78, 5) is 14.4. The number of H-pyrrole nitrogens is 1. The van der Waals surface area contributed by atoms with Crippen molar-refractivity contribution in [3.05, 3.63) is 53.7 Å². The molecule has 92 valence electrons. The highest BCUT2D eigenvalue weighted by Gasteiger charge is 2.09. The largest absolute Gasteiger partial charge is 0.343 e.